The lowest BCUT2D eigenvalue weighted by atomic mass is 9.93. The van der Waals surface area contributed by atoms with Crippen molar-refractivity contribution >= 4 is 10.0 Å². The van der Waals surface area contributed by atoms with E-state index in [9.17, 15) is 8.42 Å². The minimum atomic E-state index is -3.50. The number of benzene rings is 1. The predicted octanol–water partition coefficient (Wildman–Crippen LogP) is 1.86. The molecule has 0 unspecified atom stereocenters. The number of hydrogen-bond acceptors (Lipinski definition) is 4. The Hall–Kier alpha value is -1.11. The van der Waals surface area contributed by atoms with Gasteiger partial charge in [-0.1, -0.05) is 0 Å². The fraction of sp³-hybridized carbons (Fsp3) is 0.600. The standard InChI is InChI=1S/C15H24N2O3S/c1-10-9-15(11(2)8-14(10)20-3)21(18,19)17-13-6-4-12(16)5-7-13/h8-9,12-13,17H,4-7,16H2,1-3H3. The molecule has 0 aliphatic heterocycles. The third-order valence-electron chi connectivity index (χ3n) is 4.08. The van der Waals surface area contributed by atoms with Crippen molar-refractivity contribution in [3.63, 3.8) is 0 Å². The summed E-state index contributed by atoms with van der Waals surface area (Å²) in [7, 11) is -1.92. The smallest absolute Gasteiger partial charge is 0.241 e. The van der Waals surface area contributed by atoms with Gasteiger partial charge in [0.15, 0.2) is 0 Å². The van der Waals surface area contributed by atoms with E-state index >= 15 is 0 Å². The van der Waals surface area contributed by atoms with Crippen LogP contribution in [0.3, 0.4) is 0 Å². The van der Waals surface area contributed by atoms with E-state index in [2.05, 4.69) is 4.72 Å². The molecule has 0 radical (unpaired) electrons. The lowest BCUT2D eigenvalue weighted by Crippen LogP contribution is -2.40. The van der Waals surface area contributed by atoms with E-state index < -0.39 is 10.0 Å². The van der Waals surface area contributed by atoms with E-state index in [0.717, 1.165) is 31.2 Å². The van der Waals surface area contributed by atoms with Crippen molar-refractivity contribution in [1.29, 1.82) is 0 Å². The topological polar surface area (TPSA) is 81.4 Å². The molecule has 0 saturated heterocycles. The van der Waals surface area contributed by atoms with Crippen LogP contribution >= 0.6 is 0 Å². The molecule has 0 atom stereocenters. The number of rotatable bonds is 4. The molecule has 1 aliphatic rings. The minimum Gasteiger partial charge on any atom is -0.496 e. The highest BCUT2D eigenvalue weighted by Crippen LogP contribution is 2.26. The van der Waals surface area contributed by atoms with Crippen LogP contribution in [0.25, 0.3) is 0 Å². The number of hydrogen-bond donors (Lipinski definition) is 2. The minimum absolute atomic E-state index is 0.0170. The second-order valence-corrected chi connectivity index (χ2v) is 7.50. The molecular weight excluding hydrogens is 288 g/mol. The normalized spacial score (nSPS) is 23.0. The Morgan fingerprint density at radius 1 is 1.14 bits per heavy atom. The average Bonchev–Trinajstić information content (AvgIpc) is 2.43. The zero-order valence-corrected chi connectivity index (χ0v) is 13.7. The van der Waals surface area contributed by atoms with Gasteiger partial charge < -0.3 is 10.5 Å². The van der Waals surface area contributed by atoms with Crippen LogP contribution in [0.1, 0.15) is 36.8 Å². The fourth-order valence-electron chi connectivity index (χ4n) is 2.79. The maximum atomic E-state index is 12.6. The van der Waals surface area contributed by atoms with Gasteiger partial charge in [-0.25, -0.2) is 13.1 Å². The van der Waals surface area contributed by atoms with Gasteiger partial charge in [0.1, 0.15) is 5.75 Å². The van der Waals surface area contributed by atoms with Crippen LogP contribution < -0.4 is 15.2 Å². The summed E-state index contributed by atoms with van der Waals surface area (Å²) in [6.07, 6.45) is 3.34. The third-order valence-corrected chi connectivity index (χ3v) is 5.74. The van der Waals surface area contributed by atoms with Crippen molar-refractivity contribution in [2.45, 2.75) is 56.5 Å². The SMILES string of the molecule is COc1cc(C)c(S(=O)(=O)NC2CCC(N)CC2)cc1C. The van der Waals surface area contributed by atoms with Gasteiger partial charge in [-0.05, 0) is 62.8 Å². The van der Waals surface area contributed by atoms with Crippen LogP contribution in [0.15, 0.2) is 17.0 Å². The fourth-order valence-corrected chi connectivity index (χ4v) is 4.41. The molecule has 5 nitrogen and oxygen atoms in total. The van der Waals surface area contributed by atoms with Gasteiger partial charge in [0.25, 0.3) is 0 Å². The monoisotopic (exact) mass is 312 g/mol. The summed E-state index contributed by atoms with van der Waals surface area (Å²) in [5, 5.41) is 0. The molecule has 21 heavy (non-hydrogen) atoms. The van der Waals surface area contributed by atoms with E-state index in [1.165, 1.54) is 0 Å². The molecule has 1 aromatic carbocycles. The second kappa shape index (κ2) is 6.34. The Morgan fingerprint density at radius 2 is 1.76 bits per heavy atom. The van der Waals surface area contributed by atoms with Crippen LogP contribution in [0.2, 0.25) is 0 Å². The first kappa shape index (κ1) is 16.3. The maximum absolute atomic E-state index is 12.6. The highest BCUT2D eigenvalue weighted by Gasteiger charge is 2.25. The van der Waals surface area contributed by atoms with E-state index in [0.29, 0.717) is 16.2 Å². The highest BCUT2D eigenvalue weighted by molar-refractivity contribution is 7.89. The van der Waals surface area contributed by atoms with E-state index in [1.54, 1.807) is 26.2 Å². The molecule has 1 saturated carbocycles. The number of sulfonamides is 1. The Bertz CT molecular complexity index is 606. The van der Waals surface area contributed by atoms with Crippen molar-refractivity contribution in [3.05, 3.63) is 23.3 Å². The van der Waals surface area contributed by atoms with Gasteiger partial charge in [-0.15, -0.1) is 0 Å². The predicted molar refractivity (Wildman–Crippen MR) is 83.0 cm³/mol. The van der Waals surface area contributed by atoms with Crippen LogP contribution in [0.4, 0.5) is 0 Å². The zero-order valence-electron chi connectivity index (χ0n) is 12.8. The molecule has 3 N–H and O–H groups in total. The molecule has 6 heteroatoms. The lowest BCUT2D eigenvalue weighted by Gasteiger charge is -2.27. The summed E-state index contributed by atoms with van der Waals surface area (Å²) < 4.78 is 33.2. The summed E-state index contributed by atoms with van der Waals surface area (Å²) in [5.41, 5.74) is 7.36. The number of ether oxygens (including phenoxy) is 1. The molecular formula is C15H24N2O3S. The summed E-state index contributed by atoms with van der Waals surface area (Å²) in [5.74, 6) is 0.704. The van der Waals surface area contributed by atoms with E-state index in [1.807, 2.05) is 6.92 Å². The molecule has 0 spiro atoms. The first-order valence-corrected chi connectivity index (χ1v) is 8.75. The molecule has 1 aromatic rings. The van der Waals surface area contributed by atoms with Gasteiger partial charge in [0.05, 0.1) is 12.0 Å². The Labute approximate surface area is 126 Å². The summed E-state index contributed by atoms with van der Waals surface area (Å²) in [6.45, 7) is 3.63. The quantitative estimate of drug-likeness (QED) is 0.889. The maximum Gasteiger partial charge on any atom is 0.241 e. The van der Waals surface area contributed by atoms with Crippen molar-refractivity contribution in [2.24, 2.45) is 5.73 Å². The number of methoxy groups -OCH3 is 1. The molecule has 0 aromatic heterocycles. The first-order chi connectivity index (χ1) is 9.83. The number of nitrogens with two attached hydrogens (primary N) is 1. The third kappa shape index (κ3) is 3.75. The summed E-state index contributed by atoms with van der Waals surface area (Å²) in [6, 6.07) is 3.62. The van der Waals surface area contributed by atoms with Gasteiger partial charge in [-0.2, -0.15) is 0 Å². The Kier molecular flexibility index (Phi) is 4.91. The Balaban J connectivity index is 2.21. The van der Waals surface area contributed by atoms with Crippen molar-refractivity contribution in [2.75, 3.05) is 7.11 Å². The Morgan fingerprint density at radius 3 is 2.33 bits per heavy atom. The van der Waals surface area contributed by atoms with Gasteiger partial charge in [0.2, 0.25) is 10.0 Å². The second-order valence-electron chi connectivity index (χ2n) is 5.82. The van der Waals surface area contributed by atoms with Gasteiger partial charge in [0, 0.05) is 12.1 Å². The highest BCUT2D eigenvalue weighted by atomic mass is 32.2. The van der Waals surface area contributed by atoms with Crippen molar-refractivity contribution < 1.29 is 13.2 Å². The molecule has 1 fully saturated rings. The average molecular weight is 312 g/mol. The van der Waals surface area contributed by atoms with Crippen molar-refractivity contribution in [3.8, 4) is 5.75 Å². The molecule has 0 heterocycles. The van der Waals surface area contributed by atoms with Crippen molar-refractivity contribution in [1.82, 2.24) is 4.72 Å². The van der Waals surface area contributed by atoms with Crippen LogP contribution in [0, 0.1) is 13.8 Å². The summed E-state index contributed by atoms with van der Waals surface area (Å²) >= 11 is 0. The molecule has 2 rings (SSSR count). The van der Waals surface area contributed by atoms with Crippen LogP contribution in [-0.4, -0.2) is 27.6 Å². The van der Waals surface area contributed by atoms with Crippen LogP contribution in [0.5, 0.6) is 5.75 Å². The largest absolute Gasteiger partial charge is 0.496 e. The van der Waals surface area contributed by atoms with Crippen LogP contribution in [-0.2, 0) is 10.0 Å². The first-order valence-electron chi connectivity index (χ1n) is 7.26. The molecule has 1 aliphatic carbocycles. The van der Waals surface area contributed by atoms with Gasteiger partial charge >= 0.3 is 0 Å². The zero-order chi connectivity index (χ0) is 15.6. The summed E-state index contributed by atoms with van der Waals surface area (Å²) in [4.78, 5) is 0.329. The lowest BCUT2D eigenvalue weighted by molar-refractivity contribution is 0.373. The number of nitrogens with one attached hydrogen (secondary N) is 1. The number of aryl methyl sites for hydroxylation is 2. The van der Waals surface area contributed by atoms with E-state index in [4.69, 9.17) is 10.5 Å². The van der Waals surface area contributed by atoms with E-state index in [-0.39, 0.29) is 12.1 Å². The molecule has 118 valence electrons. The molecule has 0 amide bonds. The molecule has 0 bridgehead atoms. The van der Waals surface area contributed by atoms with Gasteiger partial charge in [-0.3, -0.25) is 0 Å².